The van der Waals surface area contributed by atoms with E-state index in [0.717, 1.165) is 23.2 Å². The van der Waals surface area contributed by atoms with Gasteiger partial charge in [0.05, 0.1) is 18.7 Å². The molecule has 24 heavy (non-hydrogen) atoms. The molecule has 0 saturated carbocycles. The minimum Gasteiger partial charge on any atom is -0.349 e. The summed E-state index contributed by atoms with van der Waals surface area (Å²) in [5.74, 6) is -0.158. The van der Waals surface area contributed by atoms with E-state index in [9.17, 15) is 9.59 Å². The summed E-state index contributed by atoms with van der Waals surface area (Å²) in [7, 11) is 0. The normalized spacial score (nSPS) is 14.8. The highest BCUT2D eigenvalue weighted by molar-refractivity contribution is 6.30. The van der Waals surface area contributed by atoms with Crippen molar-refractivity contribution in [2.24, 2.45) is 0 Å². The number of fused-ring (bicyclic) bond motifs is 1. The van der Waals surface area contributed by atoms with Gasteiger partial charge < -0.3 is 10.2 Å². The number of halogens is 1. The Morgan fingerprint density at radius 1 is 1.38 bits per heavy atom. The summed E-state index contributed by atoms with van der Waals surface area (Å²) in [5, 5.41) is 10.5. The molecule has 0 radical (unpaired) electrons. The molecule has 2 N–H and O–H groups in total. The van der Waals surface area contributed by atoms with E-state index in [-0.39, 0.29) is 24.3 Å². The third-order valence-corrected chi connectivity index (χ3v) is 4.43. The zero-order valence-corrected chi connectivity index (χ0v) is 14.1. The van der Waals surface area contributed by atoms with Crippen LogP contribution in [0.25, 0.3) is 0 Å². The van der Waals surface area contributed by atoms with Crippen molar-refractivity contribution in [2.45, 2.75) is 32.4 Å². The molecule has 3 rings (SSSR count). The Morgan fingerprint density at radius 3 is 2.83 bits per heavy atom. The summed E-state index contributed by atoms with van der Waals surface area (Å²) < 4.78 is 0. The molecule has 1 aliphatic heterocycles. The van der Waals surface area contributed by atoms with Crippen LogP contribution in [0.5, 0.6) is 0 Å². The Balaban J connectivity index is 1.71. The number of carbonyl (C=O) groups is 2. The second-order valence-electron chi connectivity index (χ2n) is 5.95. The van der Waals surface area contributed by atoms with E-state index >= 15 is 0 Å². The van der Waals surface area contributed by atoms with Gasteiger partial charge in [-0.25, -0.2) is 0 Å². The lowest BCUT2D eigenvalue weighted by molar-refractivity contribution is -0.133. The van der Waals surface area contributed by atoms with Gasteiger partial charge in [-0.1, -0.05) is 23.7 Å². The summed E-state index contributed by atoms with van der Waals surface area (Å²) >= 11 is 5.92. The minimum atomic E-state index is -0.363. The standard InChI is InChI=1S/C17H19ClN4O2/c1-11(23)20-16(12-2-4-14(18)5-3-12)8-17(24)22-7-6-15-13(10-22)9-19-21-15/h2-5,9,16H,6-8,10H2,1H3,(H,19,21)(H,20,23). The molecule has 0 bridgehead atoms. The molecule has 1 aromatic carbocycles. The maximum absolute atomic E-state index is 12.7. The van der Waals surface area contributed by atoms with E-state index in [1.54, 1.807) is 18.3 Å². The number of H-pyrrole nitrogens is 1. The third-order valence-electron chi connectivity index (χ3n) is 4.18. The van der Waals surface area contributed by atoms with E-state index in [2.05, 4.69) is 15.5 Å². The fraction of sp³-hybridized carbons (Fsp3) is 0.353. The zero-order chi connectivity index (χ0) is 17.1. The molecular formula is C17H19ClN4O2. The van der Waals surface area contributed by atoms with Gasteiger partial charge in [-0.15, -0.1) is 0 Å². The summed E-state index contributed by atoms with van der Waals surface area (Å²) in [5.41, 5.74) is 3.01. The Hall–Kier alpha value is -2.34. The molecule has 2 amide bonds. The Kier molecular flexibility index (Phi) is 4.85. The molecule has 2 heterocycles. The number of hydrogen-bond donors (Lipinski definition) is 2. The van der Waals surface area contributed by atoms with E-state index in [4.69, 9.17) is 11.6 Å². The van der Waals surface area contributed by atoms with Crippen molar-refractivity contribution >= 4 is 23.4 Å². The van der Waals surface area contributed by atoms with Gasteiger partial charge in [0, 0.05) is 42.7 Å². The fourth-order valence-electron chi connectivity index (χ4n) is 2.93. The van der Waals surface area contributed by atoms with Crippen LogP contribution >= 0.6 is 11.6 Å². The van der Waals surface area contributed by atoms with Gasteiger partial charge in [0.25, 0.3) is 0 Å². The smallest absolute Gasteiger partial charge is 0.225 e. The second kappa shape index (κ2) is 7.05. The average Bonchev–Trinajstić information content (AvgIpc) is 3.02. The van der Waals surface area contributed by atoms with Gasteiger partial charge in [0.2, 0.25) is 11.8 Å². The number of rotatable bonds is 4. The monoisotopic (exact) mass is 346 g/mol. The van der Waals surface area contributed by atoms with Crippen molar-refractivity contribution in [2.75, 3.05) is 6.54 Å². The highest BCUT2D eigenvalue weighted by Crippen LogP contribution is 2.23. The molecule has 0 saturated heterocycles. The number of hydrogen-bond acceptors (Lipinski definition) is 3. The van der Waals surface area contributed by atoms with Gasteiger partial charge in [-0.2, -0.15) is 5.10 Å². The van der Waals surface area contributed by atoms with Crippen LogP contribution in [0.4, 0.5) is 0 Å². The third kappa shape index (κ3) is 3.76. The molecule has 0 spiro atoms. The van der Waals surface area contributed by atoms with Gasteiger partial charge in [0.15, 0.2) is 0 Å². The highest BCUT2D eigenvalue weighted by atomic mass is 35.5. The molecule has 1 atom stereocenters. The van der Waals surface area contributed by atoms with Crippen molar-refractivity contribution in [3.05, 3.63) is 52.3 Å². The number of nitrogens with zero attached hydrogens (tertiary/aromatic N) is 2. The van der Waals surface area contributed by atoms with Gasteiger partial charge in [0.1, 0.15) is 0 Å². The topological polar surface area (TPSA) is 78.1 Å². The largest absolute Gasteiger partial charge is 0.349 e. The van der Waals surface area contributed by atoms with Gasteiger partial charge in [-0.05, 0) is 17.7 Å². The van der Waals surface area contributed by atoms with Crippen LogP contribution in [0, 0.1) is 0 Å². The number of nitrogens with one attached hydrogen (secondary N) is 2. The number of aromatic amines is 1. The van der Waals surface area contributed by atoms with Crippen molar-refractivity contribution in [3.8, 4) is 0 Å². The van der Waals surface area contributed by atoms with Crippen LogP contribution in [0.1, 0.15) is 36.2 Å². The number of carbonyl (C=O) groups excluding carboxylic acids is 2. The first-order valence-electron chi connectivity index (χ1n) is 7.84. The number of amides is 2. The Morgan fingerprint density at radius 2 is 2.12 bits per heavy atom. The summed E-state index contributed by atoms with van der Waals surface area (Å²) in [6.45, 7) is 2.66. The van der Waals surface area contributed by atoms with Crippen LogP contribution in [-0.4, -0.2) is 33.5 Å². The van der Waals surface area contributed by atoms with E-state index in [1.807, 2.05) is 17.0 Å². The molecule has 126 valence electrons. The quantitative estimate of drug-likeness (QED) is 0.891. The van der Waals surface area contributed by atoms with Gasteiger partial charge >= 0.3 is 0 Å². The summed E-state index contributed by atoms with van der Waals surface area (Å²) in [6.07, 6.45) is 2.75. The maximum atomic E-state index is 12.7. The summed E-state index contributed by atoms with van der Waals surface area (Å²) in [6, 6.07) is 6.82. The van der Waals surface area contributed by atoms with Crippen molar-refractivity contribution < 1.29 is 9.59 Å². The van der Waals surface area contributed by atoms with Gasteiger partial charge in [-0.3, -0.25) is 14.7 Å². The van der Waals surface area contributed by atoms with E-state index < -0.39 is 0 Å². The molecule has 0 aliphatic carbocycles. The first-order valence-corrected chi connectivity index (χ1v) is 8.22. The first kappa shape index (κ1) is 16.5. The molecular weight excluding hydrogens is 328 g/mol. The van der Waals surface area contributed by atoms with E-state index in [1.165, 1.54) is 6.92 Å². The molecule has 1 aliphatic rings. The minimum absolute atomic E-state index is 0.00977. The maximum Gasteiger partial charge on any atom is 0.225 e. The molecule has 7 heteroatoms. The van der Waals surface area contributed by atoms with E-state index in [0.29, 0.717) is 18.1 Å². The molecule has 1 unspecified atom stereocenters. The molecule has 1 aromatic heterocycles. The number of benzene rings is 1. The first-order chi connectivity index (χ1) is 11.5. The average molecular weight is 347 g/mol. The van der Waals surface area contributed by atoms with Crippen LogP contribution < -0.4 is 5.32 Å². The lowest BCUT2D eigenvalue weighted by atomic mass is 10.0. The predicted octanol–water partition coefficient (Wildman–Crippen LogP) is 2.22. The van der Waals surface area contributed by atoms with Crippen molar-refractivity contribution in [1.29, 1.82) is 0 Å². The summed E-state index contributed by atoms with van der Waals surface area (Å²) in [4.78, 5) is 26.0. The highest BCUT2D eigenvalue weighted by Gasteiger charge is 2.25. The zero-order valence-electron chi connectivity index (χ0n) is 13.4. The predicted molar refractivity (Wildman–Crippen MR) is 90.3 cm³/mol. The van der Waals surface area contributed by atoms with Crippen molar-refractivity contribution in [3.63, 3.8) is 0 Å². The van der Waals surface area contributed by atoms with Crippen molar-refractivity contribution in [1.82, 2.24) is 20.4 Å². The Bertz CT molecular complexity index is 741. The molecule has 6 nitrogen and oxygen atoms in total. The molecule has 2 aromatic rings. The SMILES string of the molecule is CC(=O)NC(CC(=O)N1CCc2[nH]ncc2C1)c1ccc(Cl)cc1. The van der Waals surface area contributed by atoms with Crippen LogP contribution in [-0.2, 0) is 22.6 Å². The van der Waals surface area contributed by atoms with Crippen LogP contribution in [0.2, 0.25) is 5.02 Å². The number of aromatic nitrogens is 2. The molecule has 0 fully saturated rings. The lowest BCUT2D eigenvalue weighted by Gasteiger charge is -2.28. The fourth-order valence-corrected chi connectivity index (χ4v) is 3.06. The Labute approximate surface area is 145 Å². The lowest BCUT2D eigenvalue weighted by Crippen LogP contribution is -2.38. The van der Waals surface area contributed by atoms with Crippen LogP contribution in [0.15, 0.2) is 30.5 Å². The van der Waals surface area contributed by atoms with Crippen LogP contribution in [0.3, 0.4) is 0 Å². The second-order valence-corrected chi connectivity index (χ2v) is 6.38.